The molecule has 1 rings (SSSR count). The first-order valence-electron chi connectivity index (χ1n) is 5.43. The molecule has 1 aromatic carbocycles. The molecule has 5 heteroatoms. The van der Waals surface area contributed by atoms with E-state index in [-0.39, 0.29) is 13.1 Å². The van der Waals surface area contributed by atoms with E-state index >= 15 is 0 Å². The Bertz CT molecular complexity index is 483. The van der Waals surface area contributed by atoms with E-state index < -0.39 is 11.9 Å². The van der Waals surface area contributed by atoms with Crippen molar-refractivity contribution in [3.63, 3.8) is 0 Å². The molecule has 96 valence electrons. The summed E-state index contributed by atoms with van der Waals surface area (Å²) in [6, 6.07) is 5.08. The Morgan fingerprint density at radius 1 is 1.50 bits per heavy atom. The van der Waals surface area contributed by atoms with Crippen LogP contribution in [0.1, 0.15) is 15.9 Å². The third kappa shape index (κ3) is 3.35. The first kappa shape index (κ1) is 13.8. The van der Waals surface area contributed by atoms with Crippen molar-refractivity contribution in [3.8, 4) is 0 Å². The molecule has 0 aliphatic rings. The number of anilines is 1. The maximum Gasteiger partial charge on any atom is 0.323 e. The molecule has 0 aliphatic carbocycles. The molecule has 18 heavy (non-hydrogen) atoms. The fourth-order valence-corrected chi connectivity index (χ4v) is 1.56. The van der Waals surface area contributed by atoms with Gasteiger partial charge < -0.3 is 15.7 Å². The summed E-state index contributed by atoms with van der Waals surface area (Å²) in [7, 11) is 0. The Labute approximate surface area is 106 Å². The number of benzene rings is 1. The number of aliphatic carboxylic acids is 1. The van der Waals surface area contributed by atoms with Crippen molar-refractivity contribution in [1.29, 1.82) is 0 Å². The minimum atomic E-state index is -1.07. The van der Waals surface area contributed by atoms with Gasteiger partial charge in [0.1, 0.15) is 6.54 Å². The van der Waals surface area contributed by atoms with Crippen LogP contribution in [0.2, 0.25) is 0 Å². The molecular weight excluding hydrogens is 232 g/mol. The molecule has 0 heterocycles. The SMILES string of the molecule is C=CCN(CC(=O)O)C(=O)c1cc(C)ccc1N. The van der Waals surface area contributed by atoms with Crippen molar-refractivity contribution >= 4 is 17.6 Å². The Morgan fingerprint density at radius 3 is 2.72 bits per heavy atom. The van der Waals surface area contributed by atoms with Gasteiger partial charge in [0.25, 0.3) is 5.91 Å². The van der Waals surface area contributed by atoms with E-state index in [2.05, 4.69) is 6.58 Å². The van der Waals surface area contributed by atoms with Gasteiger partial charge in [0, 0.05) is 12.2 Å². The maximum absolute atomic E-state index is 12.2. The number of nitrogens with two attached hydrogens (primary N) is 1. The minimum absolute atomic E-state index is 0.165. The van der Waals surface area contributed by atoms with Crippen molar-refractivity contribution in [1.82, 2.24) is 4.90 Å². The number of carboxylic acid groups (broad SMARTS) is 1. The second kappa shape index (κ2) is 5.86. The molecule has 1 amide bonds. The van der Waals surface area contributed by atoms with Gasteiger partial charge in [-0.2, -0.15) is 0 Å². The average Bonchev–Trinajstić information content (AvgIpc) is 2.30. The molecule has 0 radical (unpaired) electrons. The summed E-state index contributed by atoms with van der Waals surface area (Å²) in [5, 5.41) is 8.77. The Morgan fingerprint density at radius 2 is 2.17 bits per heavy atom. The lowest BCUT2D eigenvalue weighted by Gasteiger charge is -2.20. The van der Waals surface area contributed by atoms with E-state index in [1.165, 1.54) is 11.0 Å². The van der Waals surface area contributed by atoms with Crippen LogP contribution in [-0.2, 0) is 4.79 Å². The number of rotatable bonds is 5. The summed E-state index contributed by atoms with van der Waals surface area (Å²) in [5.41, 5.74) is 7.28. The number of aryl methyl sites for hydroxylation is 1. The highest BCUT2D eigenvalue weighted by Crippen LogP contribution is 2.16. The molecular formula is C13H16N2O3. The number of amides is 1. The molecule has 1 aromatic rings. The van der Waals surface area contributed by atoms with Crippen molar-refractivity contribution in [2.45, 2.75) is 6.92 Å². The summed E-state index contributed by atoms with van der Waals surface area (Å²) >= 11 is 0. The monoisotopic (exact) mass is 248 g/mol. The van der Waals surface area contributed by atoms with E-state index in [9.17, 15) is 9.59 Å². The van der Waals surface area contributed by atoms with Gasteiger partial charge in [0.05, 0.1) is 5.56 Å². The first-order valence-corrected chi connectivity index (χ1v) is 5.43. The Hall–Kier alpha value is -2.30. The molecule has 0 spiro atoms. The number of carbonyl (C=O) groups excluding carboxylic acids is 1. The van der Waals surface area contributed by atoms with E-state index in [0.717, 1.165) is 5.56 Å². The van der Waals surface area contributed by atoms with E-state index in [4.69, 9.17) is 10.8 Å². The quantitative estimate of drug-likeness (QED) is 0.607. The van der Waals surface area contributed by atoms with Crippen molar-refractivity contribution < 1.29 is 14.7 Å². The molecule has 0 aromatic heterocycles. The molecule has 5 nitrogen and oxygen atoms in total. The van der Waals surface area contributed by atoms with Crippen molar-refractivity contribution in [2.75, 3.05) is 18.8 Å². The highest BCUT2D eigenvalue weighted by Gasteiger charge is 2.19. The van der Waals surface area contributed by atoms with Crippen LogP contribution in [0.5, 0.6) is 0 Å². The number of nitrogens with zero attached hydrogens (tertiary/aromatic N) is 1. The van der Waals surface area contributed by atoms with Gasteiger partial charge in [-0.1, -0.05) is 17.7 Å². The molecule has 0 fully saturated rings. The fraction of sp³-hybridized carbons (Fsp3) is 0.231. The highest BCUT2D eigenvalue weighted by atomic mass is 16.4. The van der Waals surface area contributed by atoms with Crippen LogP contribution in [0.4, 0.5) is 5.69 Å². The second-order valence-corrected chi connectivity index (χ2v) is 3.96. The molecule has 0 saturated heterocycles. The number of nitrogen functional groups attached to an aromatic ring is 1. The predicted molar refractivity (Wildman–Crippen MR) is 69.3 cm³/mol. The van der Waals surface area contributed by atoms with Crippen LogP contribution >= 0.6 is 0 Å². The third-order valence-corrected chi connectivity index (χ3v) is 2.40. The standard InChI is InChI=1S/C13H16N2O3/c1-3-6-15(8-12(16)17)13(18)10-7-9(2)4-5-11(10)14/h3-5,7H,1,6,8,14H2,2H3,(H,16,17). The van der Waals surface area contributed by atoms with Crippen molar-refractivity contribution in [3.05, 3.63) is 42.0 Å². The van der Waals surface area contributed by atoms with Crippen LogP contribution in [0.3, 0.4) is 0 Å². The van der Waals surface area contributed by atoms with Crippen LogP contribution in [0, 0.1) is 6.92 Å². The molecule has 0 saturated carbocycles. The number of carbonyl (C=O) groups is 2. The molecule has 3 N–H and O–H groups in total. The van der Waals surface area contributed by atoms with Gasteiger partial charge in [0.2, 0.25) is 0 Å². The highest BCUT2D eigenvalue weighted by molar-refractivity contribution is 6.00. The summed E-state index contributed by atoms with van der Waals surface area (Å²) in [4.78, 5) is 24.1. The van der Waals surface area contributed by atoms with E-state index in [1.807, 2.05) is 6.92 Å². The number of hydrogen-bond acceptors (Lipinski definition) is 3. The third-order valence-electron chi connectivity index (χ3n) is 2.40. The number of carboxylic acids is 1. The maximum atomic E-state index is 12.2. The lowest BCUT2D eigenvalue weighted by Crippen LogP contribution is -2.36. The Balaban J connectivity index is 3.04. The van der Waals surface area contributed by atoms with Crippen molar-refractivity contribution in [2.24, 2.45) is 0 Å². The lowest BCUT2D eigenvalue weighted by molar-refractivity contribution is -0.137. The molecule has 0 aliphatic heterocycles. The second-order valence-electron chi connectivity index (χ2n) is 3.96. The summed E-state index contributed by atoms with van der Waals surface area (Å²) in [5.74, 6) is -1.48. The van der Waals surface area contributed by atoms with Gasteiger partial charge in [-0.15, -0.1) is 6.58 Å². The van der Waals surface area contributed by atoms with Crippen LogP contribution in [0.25, 0.3) is 0 Å². The zero-order valence-electron chi connectivity index (χ0n) is 10.2. The molecule has 0 atom stereocenters. The molecule has 0 bridgehead atoms. The largest absolute Gasteiger partial charge is 0.480 e. The fourth-order valence-electron chi connectivity index (χ4n) is 1.56. The zero-order chi connectivity index (χ0) is 13.7. The lowest BCUT2D eigenvalue weighted by atomic mass is 10.1. The summed E-state index contributed by atoms with van der Waals surface area (Å²) in [6.07, 6.45) is 1.48. The van der Waals surface area contributed by atoms with Crippen LogP contribution in [0.15, 0.2) is 30.9 Å². The van der Waals surface area contributed by atoms with Gasteiger partial charge >= 0.3 is 5.97 Å². The normalized spacial score (nSPS) is 9.83. The minimum Gasteiger partial charge on any atom is -0.480 e. The Kier molecular flexibility index (Phi) is 4.48. The van der Waals surface area contributed by atoms with E-state index in [1.54, 1.807) is 18.2 Å². The summed E-state index contributed by atoms with van der Waals surface area (Å²) in [6.45, 7) is 5.13. The predicted octanol–water partition coefficient (Wildman–Crippen LogP) is 1.29. The van der Waals surface area contributed by atoms with Gasteiger partial charge in [-0.25, -0.2) is 0 Å². The topological polar surface area (TPSA) is 83.6 Å². The van der Waals surface area contributed by atoms with Gasteiger partial charge in [-0.3, -0.25) is 9.59 Å². The van der Waals surface area contributed by atoms with Gasteiger partial charge in [0.15, 0.2) is 0 Å². The van der Waals surface area contributed by atoms with E-state index in [0.29, 0.717) is 11.3 Å². The van der Waals surface area contributed by atoms with Crippen LogP contribution < -0.4 is 5.73 Å². The zero-order valence-corrected chi connectivity index (χ0v) is 10.2. The summed E-state index contributed by atoms with van der Waals surface area (Å²) < 4.78 is 0. The van der Waals surface area contributed by atoms with Gasteiger partial charge in [-0.05, 0) is 19.1 Å². The molecule has 0 unspecified atom stereocenters. The smallest absolute Gasteiger partial charge is 0.323 e. The van der Waals surface area contributed by atoms with Crippen LogP contribution in [-0.4, -0.2) is 35.0 Å². The average molecular weight is 248 g/mol. The first-order chi connectivity index (χ1) is 8.45. The number of hydrogen-bond donors (Lipinski definition) is 2.